The van der Waals surface area contributed by atoms with Crippen molar-refractivity contribution in [3.8, 4) is 6.07 Å². The molecule has 4 heteroatoms. The molecule has 0 unspecified atom stereocenters. The number of pyridine rings is 1. The van der Waals surface area contributed by atoms with Crippen LogP contribution >= 0.6 is 0 Å². The van der Waals surface area contributed by atoms with Gasteiger partial charge in [0.25, 0.3) is 0 Å². The van der Waals surface area contributed by atoms with Crippen molar-refractivity contribution in [1.29, 1.82) is 5.26 Å². The standard InChI is InChI=1S/C11H11N3O/c1-2-6-14-11(15)9(8-12)10-5-3-4-7-13-10/h2-5,7,9H,1,6H2,(H,14,15)/t9-/m0/s1. The Morgan fingerprint density at radius 3 is 3.07 bits per heavy atom. The van der Waals surface area contributed by atoms with Gasteiger partial charge in [-0.1, -0.05) is 12.1 Å². The zero-order valence-electron chi connectivity index (χ0n) is 8.18. The summed E-state index contributed by atoms with van der Waals surface area (Å²) >= 11 is 0. The zero-order chi connectivity index (χ0) is 11.1. The fourth-order valence-corrected chi connectivity index (χ4v) is 1.08. The Labute approximate surface area is 88.3 Å². The molecule has 4 nitrogen and oxygen atoms in total. The Bertz CT molecular complexity index is 381. The van der Waals surface area contributed by atoms with Crippen LogP contribution in [0.2, 0.25) is 0 Å². The molecule has 0 aromatic carbocycles. The minimum Gasteiger partial charge on any atom is -0.351 e. The van der Waals surface area contributed by atoms with Crippen LogP contribution in [-0.2, 0) is 4.79 Å². The Balaban J connectivity index is 2.77. The Morgan fingerprint density at radius 1 is 1.73 bits per heavy atom. The summed E-state index contributed by atoms with van der Waals surface area (Å²) in [5.74, 6) is -1.21. The fraction of sp³-hybridized carbons (Fsp3) is 0.182. The summed E-state index contributed by atoms with van der Waals surface area (Å²) in [4.78, 5) is 15.5. The second-order valence-electron chi connectivity index (χ2n) is 2.85. The molecule has 0 aliphatic heterocycles. The Morgan fingerprint density at radius 2 is 2.53 bits per heavy atom. The lowest BCUT2D eigenvalue weighted by molar-refractivity contribution is -0.121. The molecule has 76 valence electrons. The summed E-state index contributed by atoms with van der Waals surface area (Å²) in [7, 11) is 0. The zero-order valence-corrected chi connectivity index (χ0v) is 8.18. The number of rotatable bonds is 4. The first kappa shape index (κ1) is 10.9. The molecule has 1 aromatic rings. The van der Waals surface area contributed by atoms with E-state index in [1.807, 2.05) is 6.07 Å². The van der Waals surface area contributed by atoms with Crippen molar-refractivity contribution >= 4 is 5.91 Å². The van der Waals surface area contributed by atoms with Crippen LogP contribution in [0.25, 0.3) is 0 Å². The van der Waals surface area contributed by atoms with Crippen LogP contribution in [0.5, 0.6) is 0 Å². The van der Waals surface area contributed by atoms with Gasteiger partial charge in [-0.15, -0.1) is 6.58 Å². The number of amides is 1. The number of hydrogen-bond acceptors (Lipinski definition) is 3. The van der Waals surface area contributed by atoms with E-state index >= 15 is 0 Å². The quantitative estimate of drug-likeness (QED) is 0.739. The Hall–Kier alpha value is -2.15. The number of nitriles is 1. The van der Waals surface area contributed by atoms with Gasteiger partial charge in [0.2, 0.25) is 5.91 Å². The van der Waals surface area contributed by atoms with E-state index in [2.05, 4.69) is 16.9 Å². The smallest absolute Gasteiger partial charge is 0.243 e. The summed E-state index contributed by atoms with van der Waals surface area (Å²) in [5, 5.41) is 11.4. The van der Waals surface area contributed by atoms with E-state index in [1.165, 1.54) is 0 Å². The van der Waals surface area contributed by atoms with Gasteiger partial charge in [-0.2, -0.15) is 5.26 Å². The van der Waals surface area contributed by atoms with Crippen molar-refractivity contribution in [2.45, 2.75) is 5.92 Å². The average Bonchev–Trinajstić information content (AvgIpc) is 2.29. The van der Waals surface area contributed by atoms with E-state index in [1.54, 1.807) is 30.5 Å². The van der Waals surface area contributed by atoms with Crippen molar-refractivity contribution in [3.63, 3.8) is 0 Å². The maximum atomic E-state index is 11.5. The van der Waals surface area contributed by atoms with Crippen LogP contribution in [0.3, 0.4) is 0 Å². The van der Waals surface area contributed by atoms with Crippen molar-refractivity contribution in [2.75, 3.05) is 6.54 Å². The van der Waals surface area contributed by atoms with Crippen molar-refractivity contribution in [2.24, 2.45) is 0 Å². The lowest BCUT2D eigenvalue weighted by Crippen LogP contribution is -2.29. The number of hydrogen-bond donors (Lipinski definition) is 1. The molecule has 1 amide bonds. The first-order valence-electron chi connectivity index (χ1n) is 4.48. The van der Waals surface area contributed by atoms with E-state index in [0.29, 0.717) is 12.2 Å². The first-order valence-corrected chi connectivity index (χ1v) is 4.48. The van der Waals surface area contributed by atoms with E-state index < -0.39 is 5.92 Å². The van der Waals surface area contributed by atoms with Gasteiger partial charge in [-0.25, -0.2) is 0 Å². The maximum Gasteiger partial charge on any atom is 0.243 e. The number of aromatic nitrogens is 1. The van der Waals surface area contributed by atoms with Crippen LogP contribution in [-0.4, -0.2) is 17.4 Å². The molecular weight excluding hydrogens is 190 g/mol. The second-order valence-corrected chi connectivity index (χ2v) is 2.85. The normalized spacial score (nSPS) is 11.1. The molecule has 15 heavy (non-hydrogen) atoms. The van der Waals surface area contributed by atoms with Gasteiger partial charge in [0.15, 0.2) is 5.92 Å². The van der Waals surface area contributed by atoms with E-state index in [9.17, 15) is 4.79 Å². The van der Waals surface area contributed by atoms with Gasteiger partial charge in [0.05, 0.1) is 11.8 Å². The highest BCUT2D eigenvalue weighted by molar-refractivity contribution is 5.85. The molecule has 0 aliphatic carbocycles. The van der Waals surface area contributed by atoms with Crippen LogP contribution < -0.4 is 5.32 Å². The summed E-state index contributed by atoms with van der Waals surface area (Å²) in [6.45, 7) is 3.83. The summed E-state index contributed by atoms with van der Waals surface area (Å²) in [6.07, 6.45) is 3.12. The molecule has 0 radical (unpaired) electrons. The third-order valence-corrected chi connectivity index (χ3v) is 1.80. The summed E-state index contributed by atoms with van der Waals surface area (Å²) < 4.78 is 0. The minimum atomic E-state index is -0.855. The molecule has 1 rings (SSSR count). The van der Waals surface area contributed by atoms with Crippen molar-refractivity contribution in [3.05, 3.63) is 42.7 Å². The van der Waals surface area contributed by atoms with E-state index in [0.717, 1.165) is 0 Å². The number of nitrogens with one attached hydrogen (secondary N) is 1. The first-order chi connectivity index (χ1) is 7.29. The largest absolute Gasteiger partial charge is 0.351 e. The lowest BCUT2D eigenvalue weighted by Gasteiger charge is -2.07. The van der Waals surface area contributed by atoms with Gasteiger partial charge in [0.1, 0.15) is 0 Å². The lowest BCUT2D eigenvalue weighted by atomic mass is 10.1. The van der Waals surface area contributed by atoms with Crippen LogP contribution in [0.1, 0.15) is 11.6 Å². The molecule has 0 saturated heterocycles. The molecule has 1 atom stereocenters. The molecule has 1 N–H and O–H groups in total. The van der Waals surface area contributed by atoms with Crippen LogP contribution in [0.15, 0.2) is 37.1 Å². The second kappa shape index (κ2) is 5.55. The SMILES string of the molecule is C=CCNC(=O)[C@@H](C#N)c1ccccn1. The predicted molar refractivity (Wildman–Crippen MR) is 55.8 cm³/mol. The van der Waals surface area contributed by atoms with Gasteiger partial charge < -0.3 is 5.32 Å². The summed E-state index contributed by atoms with van der Waals surface area (Å²) in [5.41, 5.74) is 0.460. The molecule has 0 fully saturated rings. The van der Waals surface area contributed by atoms with Gasteiger partial charge in [0, 0.05) is 12.7 Å². The minimum absolute atomic E-state index is 0.351. The van der Waals surface area contributed by atoms with Crippen molar-refractivity contribution < 1.29 is 4.79 Å². The monoisotopic (exact) mass is 201 g/mol. The van der Waals surface area contributed by atoms with E-state index in [-0.39, 0.29) is 5.91 Å². The highest BCUT2D eigenvalue weighted by Crippen LogP contribution is 2.11. The molecule has 0 spiro atoms. The Kier molecular flexibility index (Phi) is 4.05. The van der Waals surface area contributed by atoms with Gasteiger partial charge >= 0.3 is 0 Å². The predicted octanol–water partition coefficient (Wildman–Crippen LogP) is 0.991. The topological polar surface area (TPSA) is 65.8 Å². The molecule has 0 saturated carbocycles. The van der Waals surface area contributed by atoms with Gasteiger partial charge in [-0.05, 0) is 12.1 Å². The van der Waals surface area contributed by atoms with Crippen LogP contribution in [0, 0.1) is 11.3 Å². The van der Waals surface area contributed by atoms with Crippen LogP contribution in [0.4, 0.5) is 0 Å². The average molecular weight is 201 g/mol. The van der Waals surface area contributed by atoms with E-state index in [4.69, 9.17) is 5.26 Å². The number of nitrogens with zero attached hydrogens (tertiary/aromatic N) is 2. The summed E-state index contributed by atoms with van der Waals surface area (Å²) in [6, 6.07) is 7.05. The molecule has 0 aliphatic rings. The molecule has 0 bridgehead atoms. The molecule has 1 heterocycles. The molecule has 1 aromatic heterocycles. The number of carbonyl (C=O) groups excluding carboxylic acids is 1. The van der Waals surface area contributed by atoms with Crippen molar-refractivity contribution in [1.82, 2.24) is 10.3 Å². The number of carbonyl (C=O) groups is 1. The highest BCUT2D eigenvalue weighted by atomic mass is 16.1. The van der Waals surface area contributed by atoms with Gasteiger partial charge in [-0.3, -0.25) is 9.78 Å². The fourth-order valence-electron chi connectivity index (χ4n) is 1.08. The maximum absolute atomic E-state index is 11.5. The molecular formula is C11H11N3O. The third kappa shape index (κ3) is 2.92. The highest BCUT2D eigenvalue weighted by Gasteiger charge is 2.20. The third-order valence-electron chi connectivity index (χ3n) is 1.80.